The number of carboxylic acids is 1. The molecular formula is C15H22FNO2S. The van der Waals surface area contributed by atoms with Crippen molar-refractivity contribution in [3.8, 4) is 0 Å². The van der Waals surface area contributed by atoms with Gasteiger partial charge in [-0.1, -0.05) is 12.1 Å². The smallest absolute Gasteiger partial charge is 0.303 e. The molecular weight excluding hydrogens is 277 g/mol. The van der Waals surface area contributed by atoms with Crippen molar-refractivity contribution in [3.63, 3.8) is 0 Å². The number of carboxylic acid groups (broad SMARTS) is 1. The molecule has 20 heavy (non-hydrogen) atoms. The molecule has 1 aromatic rings. The minimum atomic E-state index is -0.755. The fourth-order valence-corrected chi connectivity index (χ4v) is 2.82. The van der Waals surface area contributed by atoms with E-state index in [9.17, 15) is 9.18 Å². The molecule has 0 atom stereocenters. The van der Waals surface area contributed by atoms with Crippen LogP contribution in [-0.2, 0) is 4.79 Å². The van der Waals surface area contributed by atoms with Crippen molar-refractivity contribution in [1.82, 2.24) is 4.90 Å². The van der Waals surface area contributed by atoms with Gasteiger partial charge in [-0.25, -0.2) is 4.39 Å². The maximum atomic E-state index is 13.5. The predicted molar refractivity (Wildman–Crippen MR) is 80.7 cm³/mol. The summed E-state index contributed by atoms with van der Waals surface area (Å²) in [5.41, 5.74) is 0. The molecule has 3 nitrogen and oxygen atoms in total. The Bertz CT molecular complexity index is 426. The summed E-state index contributed by atoms with van der Waals surface area (Å²) in [7, 11) is 0. The van der Waals surface area contributed by atoms with Crippen molar-refractivity contribution < 1.29 is 14.3 Å². The van der Waals surface area contributed by atoms with Crippen molar-refractivity contribution in [1.29, 1.82) is 0 Å². The van der Waals surface area contributed by atoms with Gasteiger partial charge in [-0.05, 0) is 38.9 Å². The second-order valence-electron chi connectivity index (χ2n) is 4.91. The number of nitrogens with zero attached hydrogens (tertiary/aromatic N) is 1. The Kier molecular flexibility index (Phi) is 7.62. The van der Waals surface area contributed by atoms with Gasteiger partial charge >= 0.3 is 5.97 Å². The molecule has 0 spiro atoms. The Morgan fingerprint density at radius 1 is 1.35 bits per heavy atom. The first kappa shape index (κ1) is 17.0. The van der Waals surface area contributed by atoms with Crippen LogP contribution in [0.15, 0.2) is 29.2 Å². The van der Waals surface area contributed by atoms with Gasteiger partial charge in [0.05, 0.1) is 0 Å². The van der Waals surface area contributed by atoms with Crippen LogP contribution in [-0.4, -0.2) is 40.9 Å². The number of carbonyl (C=O) groups is 1. The molecule has 1 rings (SSSR count). The molecule has 0 radical (unpaired) electrons. The van der Waals surface area contributed by atoms with E-state index in [1.54, 1.807) is 12.1 Å². The zero-order valence-corrected chi connectivity index (χ0v) is 12.8. The predicted octanol–water partition coefficient (Wildman–Crippen LogP) is 3.49. The average Bonchev–Trinajstić information content (AvgIpc) is 2.38. The molecule has 0 aliphatic heterocycles. The molecule has 5 heteroatoms. The lowest BCUT2D eigenvalue weighted by Gasteiger charge is -2.26. The Hall–Kier alpha value is -1.07. The summed E-state index contributed by atoms with van der Waals surface area (Å²) in [6.45, 7) is 5.78. The van der Waals surface area contributed by atoms with Crippen LogP contribution in [0.1, 0.15) is 26.7 Å². The highest BCUT2D eigenvalue weighted by Crippen LogP contribution is 2.21. The molecule has 1 aromatic carbocycles. The SMILES string of the molecule is CC(C)N(CCCC(=O)O)CCSc1ccccc1F. The van der Waals surface area contributed by atoms with E-state index < -0.39 is 5.97 Å². The van der Waals surface area contributed by atoms with Gasteiger partial charge in [0.2, 0.25) is 0 Å². The van der Waals surface area contributed by atoms with Gasteiger partial charge in [-0.3, -0.25) is 4.79 Å². The zero-order valence-electron chi connectivity index (χ0n) is 12.0. The monoisotopic (exact) mass is 299 g/mol. The van der Waals surface area contributed by atoms with E-state index in [-0.39, 0.29) is 12.2 Å². The molecule has 0 aromatic heterocycles. The summed E-state index contributed by atoms with van der Waals surface area (Å²) >= 11 is 1.50. The highest BCUT2D eigenvalue weighted by atomic mass is 32.2. The molecule has 0 saturated heterocycles. The van der Waals surface area contributed by atoms with Crippen LogP contribution in [0.4, 0.5) is 4.39 Å². The molecule has 0 amide bonds. The van der Waals surface area contributed by atoms with Crippen LogP contribution in [0.2, 0.25) is 0 Å². The highest BCUT2D eigenvalue weighted by molar-refractivity contribution is 7.99. The van der Waals surface area contributed by atoms with E-state index in [1.165, 1.54) is 17.8 Å². The first-order valence-corrected chi connectivity index (χ1v) is 7.82. The standard InChI is InChI=1S/C15H22FNO2S/c1-12(2)17(9-5-8-15(18)19)10-11-20-14-7-4-3-6-13(14)16/h3-4,6-7,12H,5,8-11H2,1-2H3,(H,18,19). The third kappa shape index (κ3) is 6.39. The van der Waals surface area contributed by atoms with Gasteiger partial charge in [0.1, 0.15) is 5.82 Å². The minimum Gasteiger partial charge on any atom is -0.481 e. The largest absolute Gasteiger partial charge is 0.481 e. The van der Waals surface area contributed by atoms with Crippen LogP contribution in [0.25, 0.3) is 0 Å². The first-order valence-electron chi connectivity index (χ1n) is 6.84. The topological polar surface area (TPSA) is 40.5 Å². The van der Waals surface area contributed by atoms with Crippen molar-refractivity contribution in [2.45, 2.75) is 37.6 Å². The number of rotatable bonds is 9. The van der Waals surface area contributed by atoms with Gasteiger partial charge in [-0.2, -0.15) is 0 Å². The maximum Gasteiger partial charge on any atom is 0.303 e. The second-order valence-corrected chi connectivity index (χ2v) is 6.04. The number of benzene rings is 1. The summed E-state index contributed by atoms with van der Waals surface area (Å²) < 4.78 is 13.5. The number of halogens is 1. The van der Waals surface area contributed by atoms with Gasteiger partial charge in [0.25, 0.3) is 0 Å². The lowest BCUT2D eigenvalue weighted by Crippen LogP contribution is -2.34. The number of hydrogen-bond donors (Lipinski definition) is 1. The Morgan fingerprint density at radius 2 is 2.05 bits per heavy atom. The lowest BCUT2D eigenvalue weighted by molar-refractivity contribution is -0.137. The zero-order chi connectivity index (χ0) is 15.0. The number of hydrogen-bond acceptors (Lipinski definition) is 3. The molecule has 0 aliphatic rings. The van der Waals surface area contributed by atoms with E-state index in [0.717, 1.165) is 18.8 Å². The van der Waals surface area contributed by atoms with E-state index in [4.69, 9.17) is 5.11 Å². The van der Waals surface area contributed by atoms with Crippen molar-refractivity contribution in [2.75, 3.05) is 18.8 Å². The van der Waals surface area contributed by atoms with Crippen LogP contribution in [0.3, 0.4) is 0 Å². The summed E-state index contributed by atoms with van der Waals surface area (Å²) in [4.78, 5) is 13.4. The van der Waals surface area contributed by atoms with Crippen LogP contribution in [0, 0.1) is 5.82 Å². The number of thioether (sulfide) groups is 1. The van der Waals surface area contributed by atoms with Gasteiger partial charge in [0, 0.05) is 29.7 Å². The third-order valence-corrected chi connectivity index (χ3v) is 4.07. The minimum absolute atomic E-state index is 0.181. The molecule has 1 N–H and O–H groups in total. The quantitative estimate of drug-likeness (QED) is 0.709. The molecule has 0 heterocycles. The molecule has 0 bridgehead atoms. The van der Waals surface area contributed by atoms with Crippen molar-refractivity contribution in [2.24, 2.45) is 0 Å². The summed E-state index contributed by atoms with van der Waals surface area (Å²) in [5, 5.41) is 8.66. The first-order chi connectivity index (χ1) is 9.50. The molecule has 0 saturated carbocycles. The van der Waals surface area contributed by atoms with Crippen molar-refractivity contribution >= 4 is 17.7 Å². The van der Waals surface area contributed by atoms with E-state index in [2.05, 4.69) is 18.7 Å². The van der Waals surface area contributed by atoms with Gasteiger partial charge in [-0.15, -0.1) is 11.8 Å². The average molecular weight is 299 g/mol. The van der Waals surface area contributed by atoms with Gasteiger partial charge < -0.3 is 10.0 Å². The van der Waals surface area contributed by atoms with E-state index in [1.807, 2.05) is 6.07 Å². The van der Waals surface area contributed by atoms with Gasteiger partial charge in [0.15, 0.2) is 0 Å². The Labute approximate surface area is 124 Å². The molecule has 0 unspecified atom stereocenters. The second kappa shape index (κ2) is 8.97. The van der Waals surface area contributed by atoms with Crippen LogP contribution < -0.4 is 0 Å². The molecule has 112 valence electrons. The Morgan fingerprint density at radius 3 is 2.65 bits per heavy atom. The molecule has 0 fully saturated rings. The fraction of sp³-hybridized carbons (Fsp3) is 0.533. The van der Waals surface area contributed by atoms with E-state index in [0.29, 0.717) is 17.4 Å². The summed E-state index contributed by atoms with van der Waals surface area (Å²) in [6, 6.07) is 7.13. The lowest BCUT2D eigenvalue weighted by atomic mass is 10.2. The van der Waals surface area contributed by atoms with Crippen LogP contribution >= 0.6 is 11.8 Å². The maximum absolute atomic E-state index is 13.5. The summed E-state index contributed by atoms with van der Waals surface area (Å²) in [5.74, 6) is -0.138. The fourth-order valence-electron chi connectivity index (χ4n) is 1.90. The van der Waals surface area contributed by atoms with Crippen molar-refractivity contribution in [3.05, 3.63) is 30.1 Å². The highest BCUT2D eigenvalue weighted by Gasteiger charge is 2.10. The van der Waals surface area contributed by atoms with Crippen LogP contribution in [0.5, 0.6) is 0 Å². The molecule has 0 aliphatic carbocycles. The summed E-state index contributed by atoms with van der Waals surface area (Å²) in [6.07, 6.45) is 0.849. The number of aliphatic carboxylic acids is 1. The normalized spacial score (nSPS) is 11.2. The Balaban J connectivity index is 2.35. The van der Waals surface area contributed by atoms with E-state index >= 15 is 0 Å². The third-order valence-electron chi connectivity index (χ3n) is 3.04.